The van der Waals surface area contributed by atoms with Crippen molar-refractivity contribution in [3.05, 3.63) is 71.8 Å². The van der Waals surface area contributed by atoms with Crippen molar-refractivity contribution in [1.29, 1.82) is 0 Å². The van der Waals surface area contributed by atoms with Gasteiger partial charge < -0.3 is 24.3 Å². The summed E-state index contributed by atoms with van der Waals surface area (Å²) >= 11 is 0. The molecule has 44 heavy (non-hydrogen) atoms. The van der Waals surface area contributed by atoms with E-state index < -0.39 is 17.9 Å². The number of hydrogen-bond donors (Lipinski definition) is 1. The number of hydrogen-bond acceptors (Lipinski definition) is 9. The van der Waals surface area contributed by atoms with E-state index in [9.17, 15) is 14.4 Å². The number of rotatable bonds is 12. The van der Waals surface area contributed by atoms with Gasteiger partial charge in [-0.25, -0.2) is 4.68 Å². The van der Waals surface area contributed by atoms with Crippen molar-refractivity contribution < 1.29 is 33.3 Å². The lowest BCUT2D eigenvalue weighted by molar-refractivity contribution is -0.127. The van der Waals surface area contributed by atoms with Crippen LogP contribution in [0.4, 0.5) is 5.69 Å². The van der Waals surface area contributed by atoms with E-state index in [2.05, 4.69) is 15.6 Å². The number of nitrogens with zero attached hydrogens (tertiary/aromatic N) is 4. The van der Waals surface area contributed by atoms with E-state index in [1.165, 1.54) is 37.8 Å². The third-order valence-electron chi connectivity index (χ3n) is 7.56. The van der Waals surface area contributed by atoms with Crippen molar-refractivity contribution in [2.24, 2.45) is 0 Å². The third-order valence-corrected chi connectivity index (χ3v) is 7.56. The number of aromatic nitrogens is 3. The molecule has 2 amide bonds. The average Bonchev–Trinajstić information content (AvgIpc) is 3.72. The molecule has 0 bridgehead atoms. The lowest BCUT2D eigenvalue weighted by Crippen LogP contribution is -2.46. The predicted molar refractivity (Wildman–Crippen MR) is 162 cm³/mol. The Morgan fingerprint density at radius 1 is 1.02 bits per heavy atom. The second-order valence-electron chi connectivity index (χ2n) is 10.3. The predicted octanol–water partition coefficient (Wildman–Crippen LogP) is 3.73. The zero-order valence-corrected chi connectivity index (χ0v) is 25.1. The molecular weight excluding hydrogens is 566 g/mol. The standard InChI is InChI=1S/C32H35N5O7/c1-20(38)21-11-13-23(14-12-21)37(29(39)19-36-26-10-6-5-9-25(26)34-35-36)30(32(40)33-18-24-8-7-15-44-24)22-16-27(41-2)31(43-4)28(17-22)42-3/h5-6,9-14,16-17,24,30H,7-8,15,18-19H2,1-4H3,(H,33,40)/t24-,30-/m0/s1. The number of ether oxygens (including phenoxy) is 4. The highest BCUT2D eigenvalue weighted by molar-refractivity contribution is 6.02. The molecule has 12 nitrogen and oxygen atoms in total. The topological polar surface area (TPSA) is 134 Å². The molecule has 3 aromatic carbocycles. The average molecular weight is 602 g/mol. The van der Waals surface area contributed by atoms with Gasteiger partial charge in [-0.05, 0) is 73.9 Å². The van der Waals surface area contributed by atoms with Gasteiger partial charge in [0, 0.05) is 24.4 Å². The van der Waals surface area contributed by atoms with Gasteiger partial charge in [-0.2, -0.15) is 0 Å². The Morgan fingerprint density at radius 3 is 2.34 bits per heavy atom. The molecule has 1 N–H and O–H groups in total. The number of Topliss-reactive ketones (excluding diaryl/α,β-unsaturated/α-hetero) is 1. The number of para-hydroxylation sites is 1. The molecule has 1 saturated heterocycles. The van der Waals surface area contributed by atoms with Crippen LogP contribution in [-0.4, -0.2) is 73.2 Å². The number of ketones is 1. The molecule has 0 aliphatic carbocycles. The summed E-state index contributed by atoms with van der Waals surface area (Å²) in [6.45, 7) is 2.16. The van der Waals surface area contributed by atoms with Crippen LogP contribution in [0.2, 0.25) is 0 Å². The molecular formula is C32H35N5O7. The Hall–Kier alpha value is -4.97. The fourth-order valence-corrected chi connectivity index (χ4v) is 5.33. The lowest BCUT2D eigenvalue weighted by Gasteiger charge is -2.32. The lowest BCUT2D eigenvalue weighted by atomic mass is 10.0. The number of nitrogens with one attached hydrogen (secondary N) is 1. The first-order chi connectivity index (χ1) is 21.3. The summed E-state index contributed by atoms with van der Waals surface area (Å²) in [7, 11) is 4.44. The Balaban J connectivity index is 1.63. The summed E-state index contributed by atoms with van der Waals surface area (Å²) < 4.78 is 23.9. The summed E-state index contributed by atoms with van der Waals surface area (Å²) in [6.07, 6.45) is 1.61. The molecule has 2 heterocycles. The van der Waals surface area contributed by atoms with Gasteiger partial charge in [-0.1, -0.05) is 17.3 Å². The number of amides is 2. The van der Waals surface area contributed by atoms with Gasteiger partial charge in [0.05, 0.1) is 33.0 Å². The van der Waals surface area contributed by atoms with Crippen LogP contribution in [0.1, 0.15) is 41.7 Å². The van der Waals surface area contributed by atoms with Gasteiger partial charge in [0.2, 0.25) is 17.6 Å². The minimum absolute atomic E-state index is 0.125. The van der Waals surface area contributed by atoms with E-state index in [0.29, 0.717) is 51.7 Å². The maximum absolute atomic E-state index is 14.4. The van der Waals surface area contributed by atoms with E-state index in [1.54, 1.807) is 42.5 Å². The summed E-state index contributed by atoms with van der Waals surface area (Å²) in [5.41, 5.74) is 2.58. The molecule has 4 aromatic rings. The van der Waals surface area contributed by atoms with Crippen LogP contribution < -0.4 is 24.4 Å². The first-order valence-corrected chi connectivity index (χ1v) is 14.2. The molecule has 5 rings (SSSR count). The van der Waals surface area contributed by atoms with Crippen molar-refractivity contribution in [2.45, 2.75) is 38.5 Å². The maximum atomic E-state index is 14.4. The zero-order chi connectivity index (χ0) is 31.2. The number of anilines is 1. The molecule has 0 saturated carbocycles. The van der Waals surface area contributed by atoms with E-state index in [1.807, 2.05) is 18.2 Å². The van der Waals surface area contributed by atoms with Gasteiger partial charge in [0.25, 0.3) is 0 Å². The van der Waals surface area contributed by atoms with Crippen LogP contribution in [0.15, 0.2) is 60.7 Å². The molecule has 230 valence electrons. The van der Waals surface area contributed by atoms with Crippen LogP contribution in [-0.2, 0) is 20.9 Å². The number of carbonyl (C=O) groups excluding carboxylic acids is 3. The summed E-state index contributed by atoms with van der Waals surface area (Å²) in [4.78, 5) is 42.0. The molecule has 2 atom stereocenters. The Morgan fingerprint density at radius 2 is 1.73 bits per heavy atom. The van der Waals surface area contributed by atoms with Gasteiger partial charge in [-0.15, -0.1) is 5.10 Å². The van der Waals surface area contributed by atoms with Crippen molar-refractivity contribution in [2.75, 3.05) is 39.4 Å². The fourth-order valence-electron chi connectivity index (χ4n) is 5.33. The second-order valence-corrected chi connectivity index (χ2v) is 10.3. The smallest absolute Gasteiger partial charge is 0.249 e. The maximum Gasteiger partial charge on any atom is 0.249 e. The van der Waals surface area contributed by atoms with Crippen LogP contribution in [0, 0.1) is 0 Å². The summed E-state index contributed by atoms with van der Waals surface area (Å²) in [5, 5.41) is 11.4. The third kappa shape index (κ3) is 6.35. The fraction of sp³-hybridized carbons (Fsp3) is 0.344. The van der Waals surface area contributed by atoms with E-state index in [-0.39, 0.29) is 25.0 Å². The molecule has 1 fully saturated rings. The van der Waals surface area contributed by atoms with Crippen molar-refractivity contribution in [1.82, 2.24) is 20.3 Å². The Kier molecular flexibility index (Phi) is 9.39. The Labute approximate surface area is 254 Å². The normalized spacial score (nSPS) is 15.0. The Bertz CT molecular complexity index is 1620. The highest BCUT2D eigenvalue weighted by atomic mass is 16.5. The molecule has 1 aliphatic heterocycles. The van der Waals surface area contributed by atoms with Crippen LogP contribution in [0.25, 0.3) is 11.0 Å². The van der Waals surface area contributed by atoms with E-state index >= 15 is 0 Å². The molecule has 1 aromatic heterocycles. The van der Waals surface area contributed by atoms with Gasteiger partial charge in [0.1, 0.15) is 18.1 Å². The largest absolute Gasteiger partial charge is 0.493 e. The number of fused-ring (bicyclic) bond motifs is 1. The van der Waals surface area contributed by atoms with E-state index in [0.717, 1.165) is 12.8 Å². The van der Waals surface area contributed by atoms with Crippen molar-refractivity contribution in [3.63, 3.8) is 0 Å². The number of carbonyl (C=O) groups is 3. The molecule has 0 spiro atoms. The zero-order valence-electron chi connectivity index (χ0n) is 25.1. The van der Waals surface area contributed by atoms with Crippen LogP contribution >= 0.6 is 0 Å². The monoisotopic (exact) mass is 601 g/mol. The minimum atomic E-state index is -1.18. The highest BCUT2D eigenvalue weighted by Crippen LogP contribution is 2.41. The first-order valence-electron chi connectivity index (χ1n) is 14.2. The quantitative estimate of drug-likeness (QED) is 0.241. The van der Waals surface area contributed by atoms with Crippen molar-refractivity contribution in [3.8, 4) is 17.2 Å². The summed E-state index contributed by atoms with van der Waals surface area (Å²) in [6, 6.07) is 15.9. The SMILES string of the molecule is COc1cc([C@@H](C(=O)NC[C@@H]2CCCO2)N(C(=O)Cn2nnc3ccccc32)c2ccc(C(C)=O)cc2)cc(OC)c1OC. The van der Waals surface area contributed by atoms with Crippen LogP contribution in [0.5, 0.6) is 17.2 Å². The van der Waals surface area contributed by atoms with Crippen LogP contribution in [0.3, 0.4) is 0 Å². The van der Waals surface area contributed by atoms with Crippen molar-refractivity contribution >= 4 is 34.3 Å². The highest BCUT2D eigenvalue weighted by Gasteiger charge is 2.35. The number of benzene rings is 3. The molecule has 0 radical (unpaired) electrons. The molecule has 0 unspecified atom stereocenters. The molecule has 1 aliphatic rings. The number of methoxy groups -OCH3 is 3. The first kappa shape index (κ1) is 30.5. The summed E-state index contributed by atoms with van der Waals surface area (Å²) in [5.74, 6) is -0.0285. The van der Waals surface area contributed by atoms with E-state index in [4.69, 9.17) is 18.9 Å². The minimum Gasteiger partial charge on any atom is -0.493 e. The second kappa shape index (κ2) is 13.6. The van der Waals surface area contributed by atoms with Gasteiger partial charge in [-0.3, -0.25) is 19.3 Å². The van der Waals surface area contributed by atoms with Gasteiger partial charge in [0.15, 0.2) is 17.3 Å². The van der Waals surface area contributed by atoms with Gasteiger partial charge >= 0.3 is 0 Å². The molecule has 12 heteroatoms.